The number of nitrogens with zero attached hydrogens (tertiary/aromatic N) is 4. The van der Waals surface area contributed by atoms with Crippen molar-refractivity contribution in [2.75, 3.05) is 5.75 Å². The number of hydrazone groups is 1. The van der Waals surface area contributed by atoms with E-state index >= 15 is 0 Å². The van der Waals surface area contributed by atoms with Gasteiger partial charge in [-0.2, -0.15) is 18.3 Å². The topological polar surface area (TPSA) is 72.2 Å². The van der Waals surface area contributed by atoms with Crippen LogP contribution in [0.1, 0.15) is 16.7 Å². The molecule has 10 heteroatoms. The molecule has 4 rings (SSSR count). The molecular weight excluding hydrogens is 475 g/mol. The van der Waals surface area contributed by atoms with Gasteiger partial charge in [0, 0.05) is 16.8 Å². The lowest BCUT2D eigenvalue weighted by Gasteiger charge is -2.10. The molecule has 1 aromatic heterocycles. The van der Waals surface area contributed by atoms with Crippen molar-refractivity contribution < 1.29 is 18.0 Å². The fraction of sp³-hybridized carbons (Fsp3) is 0.120. The number of halogens is 3. The van der Waals surface area contributed by atoms with Gasteiger partial charge in [0.05, 0.1) is 17.5 Å². The average molecular weight is 496 g/mol. The molecule has 3 aromatic carbocycles. The van der Waals surface area contributed by atoms with Crippen LogP contribution in [0.15, 0.2) is 89.1 Å². The summed E-state index contributed by atoms with van der Waals surface area (Å²) < 4.78 is 41.1. The Hall–Kier alpha value is -3.92. The minimum atomic E-state index is -4.51. The molecule has 0 atom stereocenters. The number of aromatic nitrogens is 3. The smallest absolute Gasteiger partial charge is 0.272 e. The molecular formula is C25H20F3N5OS. The maximum atomic E-state index is 13.1. The van der Waals surface area contributed by atoms with E-state index in [9.17, 15) is 18.0 Å². The van der Waals surface area contributed by atoms with Gasteiger partial charge in [-0.3, -0.25) is 9.36 Å². The van der Waals surface area contributed by atoms with Gasteiger partial charge in [-0.1, -0.05) is 78.0 Å². The van der Waals surface area contributed by atoms with Gasteiger partial charge in [-0.25, -0.2) is 5.43 Å². The van der Waals surface area contributed by atoms with Crippen LogP contribution in [-0.2, 0) is 11.0 Å². The van der Waals surface area contributed by atoms with Gasteiger partial charge in [-0.15, -0.1) is 10.2 Å². The van der Waals surface area contributed by atoms with Gasteiger partial charge in [-0.05, 0) is 25.1 Å². The van der Waals surface area contributed by atoms with Crippen molar-refractivity contribution in [1.82, 2.24) is 20.2 Å². The van der Waals surface area contributed by atoms with E-state index in [1.54, 1.807) is 0 Å². The number of thioether (sulfide) groups is 1. The third-order valence-corrected chi connectivity index (χ3v) is 5.88. The van der Waals surface area contributed by atoms with Gasteiger partial charge >= 0.3 is 6.18 Å². The zero-order valence-electron chi connectivity index (χ0n) is 18.5. The maximum absolute atomic E-state index is 13.1. The summed E-state index contributed by atoms with van der Waals surface area (Å²) in [5, 5.41) is 12.8. The number of para-hydroxylation sites is 1. The van der Waals surface area contributed by atoms with Crippen LogP contribution >= 0.6 is 11.8 Å². The van der Waals surface area contributed by atoms with Crippen molar-refractivity contribution in [3.8, 4) is 17.1 Å². The normalized spacial score (nSPS) is 11.7. The Morgan fingerprint density at radius 3 is 2.40 bits per heavy atom. The van der Waals surface area contributed by atoms with E-state index in [1.807, 2.05) is 66.1 Å². The summed E-state index contributed by atoms with van der Waals surface area (Å²) >= 11 is 1.15. The highest BCUT2D eigenvalue weighted by molar-refractivity contribution is 7.99. The van der Waals surface area contributed by atoms with Gasteiger partial charge in [0.15, 0.2) is 11.0 Å². The zero-order valence-corrected chi connectivity index (χ0v) is 19.3. The summed E-state index contributed by atoms with van der Waals surface area (Å²) in [7, 11) is 0. The second-order valence-corrected chi connectivity index (χ2v) is 8.45. The highest BCUT2D eigenvalue weighted by atomic mass is 32.2. The molecule has 0 aliphatic carbocycles. The van der Waals surface area contributed by atoms with Gasteiger partial charge in [0.2, 0.25) is 0 Å². The van der Waals surface area contributed by atoms with Gasteiger partial charge in [0.1, 0.15) is 0 Å². The number of carbonyl (C=O) groups is 1. The standard InChI is InChI=1S/C25H20F3N5OS/c1-17-11-13-18(14-12-17)23-31-32-24(33(23)20-8-3-2-4-9-20)35-16-22(34)30-29-15-19-7-5-6-10-21(19)25(26,27)28/h2-15H,16H2,1H3,(H,30,34). The Morgan fingerprint density at radius 1 is 1.00 bits per heavy atom. The lowest BCUT2D eigenvalue weighted by molar-refractivity contribution is -0.137. The molecule has 6 nitrogen and oxygen atoms in total. The van der Waals surface area contributed by atoms with E-state index in [-0.39, 0.29) is 11.3 Å². The summed E-state index contributed by atoms with van der Waals surface area (Å²) in [4.78, 5) is 12.3. The molecule has 1 amide bonds. The molecule has 178 valence electrons. The lowest BCUT2D eigenvalue weighted by Crippen LogP contribution is -2.20. The Morgan fingerprint density at radius 2 is 1.69 bits per heavy atom. The third kappa shape index (κ3) is 5.96. The highest BCUT2D eigenvalue weighted by Crippen LogP contribution is 2.31. The van der Waals surface area contributed by atoms with E-state index in [0.29, 0.717) is 11.0 Å². The summed E-state index contributed by atoms with van der Waals surface area (Å²) in [6.45, 7) is 2.00. The van der Waals surface area contributed by atoms with Crippen molar-refractivity contribution in [1.29, 1.82) is 0 Å². The van der Waals surface area contributed by atoms with E-state index in [1.165, 1.54) is 18.2 Å². The summed E-state index contributed by atoms with van der Waals surface area (Å²) in [5.74, 6) is 0.0769. The van der Waals surface area contributed by atoms with Gasteiger partial charge in [0.25, 0.3) is 5.91 Å². The SMILES string of the molecule is Cc1ccc(-c2nnc(SCC(=O)NN=Cc3ccccc3C(F)(F)F)n2-c2ccccc2)cc1. The number of hydrogen-bond donors (Lipinski definition) is 1. The largest absolute Gasteiger partial charge is 0.417 e. The predicted molar refractivity (Wildman–Crippen MR) is 129 cm³/mol. The molecule has 0 spiro atoms. The second-order valence-electron chi connectivity index (χ2n) is 7.51. The minimum Gasteiger partial charge on any atom is -0.272 e. The first-order chi connectivity index (χ1) is 16.8. The van der Waals surface area contributed by atoms with E-state index in [4.69, 9.17) is 0 Å². The molecule has 1 N–H and O–H groups in total. The Bertz CT molecular complexity index is 1340. The number of carbonyl (C=O) groups excluding carboxylic acids is 1. The van der Waals surface area contributed by atoms with Crippen molar-refractivity contribution in [2.45, 2.75) is 18.3 Å². The van der Waals surface area contributed by atoms with Crippen molar-refractivity contribution in [3.05, 3.63) is 95.6 Å². The molecule has 0 radical (unpaired) electrons. The first-order valence-electron chi connectivity index (χ1n) is 10.5. The van der Waals surface area contributed by atoms with E-state index in [0.717, 1.165) is 40.9 Å². The minimum absolute atomic E-state index is 0.0584. The fourth-order valence-corrected chi connectivity index (χ4v) is 4.01. The molecule has 1 heterocycles. The van der Waals surface area contributed by atoms with Crippen molar-refractivity contribution in [2.24, 2.45) is 5.10 Å². The monoisotopic (exact) mass is 495 g/mol. The van der Waals surface area contributed by atoms with Crippen LogP contribution in [0, 0.1) is 6.92 Å². The number of rotatable bonds is 7. The van der Waals surface area contributed by atoms with Crippen LogP contribution in [0.25, 0.3) is 17.1 Å². The lowest BCUT2D eigenvalue weighted by atomic mass is 10.1. The first kappa shape index (κ1) is 24.2. The van der Waals surface area contributed by atoms with Crippen molar-refractivity contribution >= 4 is 23.9 Å². The number of alkyl halides is 3. The van der Waals surface area contributed by atoms with Crippen molar-refractivity contribution in [3.63, 3.8) is 0 Å². The Balaban J connectivity index is 1.49. The second kappa shape index (κ2) is 10.6. The summed E-state index contributed by atoms with van der Waals surface area (Å²) in [5.41, 5.74) is 4.12. The van der Waals surface area contributed by atoms with Crippen LogP contribution in [0.5, 0.6) is 0 Å². The third-order valence-electron chi connectivity index (χ3n) is 4.95. The van der Waals surface area contributed by atoms with Crippen LogP contribution < -0.4 is 5.43 Å². The number of hydrogen-bond acceptors (Lipinski definition) is 5. The number of amides is 1. The quantitative estimate of drug-likeness (QED) is 0.209. The maximum Gasteiger partial charge on any atom is 0.417 e. The van der Waals surface area contributed by atoms with Crippen LogP contribution in [-0.4, -0.2) is 32.6 Å². The first-order valence-corrected chi connectivity index (χ1v) is 11.5. The van der Waals surface area contributed by atoms with Crippen LogP contribution in [0.3, 0.4) is 0 Å². The zero-order chi connectivity index (χ0) is 24.8. The van der Waals surface area contributed by atoms with Crippen LogP contribution in [0.4, 0.5) is 13.2 Å². The molecule has 0 aliphatic rings. The molecule has 0 aliphatic heterocycles. The Labute approximate surface area is 203 Å². The number of aryl methyl sites for hydroxylation is 1. The molecule has 0 bridgehead atoms. The summed E-state index contributed by atoms with van der Waals surface area (Å²) in [6.07, 6.45) is -3.54. The van der Waals surface area contributed by atoms with Gasteiger partial charge < -0.3 is 0 Å². The molecule has 0 saturated carbocycles. The fourth-order valence-electron chi connectivity index (χ4n) is 3.27. The molecule has 4 aromatic rings. The average Bonchev–Trinajstić information content (AvgIpc) is 3.27. The number of benzene rings is 3. The van der Waals surface area contributed by atoms with Crippen LogP contribution in [0.2, 0.25) is 0 Å². The molecule has 0 saturated heterocycles. The predicted octanol–water partition coefficient (Wildman–Crippen LogP) is 5.50. The van der Waals surface area contributed by atoms with E-state index < -0.39 is 17.6 Å². The number of nitrogens with one attached hydrogen (secondary N) is 1. The molecule has 0 unspecified atom stereocenters. The molecule has 35 heavy (non-hydrogen) atoms. The summed E-state index contributed by atoms with van der Waals surface area (Å²) in [6, 6.07) is 22.4. The Kier molecular flexibility index (Phi) is 7.31. The highest BCUT2D eigenvalue weighted by Gasteiger charge is 2.32. The molecule has 0 fully saturated rings. The van der Waals surface area contributed by atoms with E-state index in [2.05, 4.69) is 20.7 Å².